The molecule has 0 amide bonds. The topological polar surface area (TPSA) is 40.5 Å². The number of hydrogen-bond donors (Lipinski definition) is 1. The van der Waals surface area contributed by atoms with Crippen molar-refractivity contribution in [2.75, 3.05) is 20.6 Å². The van der Waals surface area contributed by atoms with Gasteiger partial charge in [-0.3, -0.25) is 4.79 Å². The van der Waals surface area contributed by atoms with Crippen molar-refractivity contribution in [3.05, 3.63) is 12.7 Å². The van der Waals surface area contributed by atoms with Crippen molar-refractivity contribution in [2.24, 2.45) is 0 Å². The van der Waals surface area contributed by atoms with Crippen molar-refractivity contribution in [3.8, 4) is 0 Å². The highest BCUT2D eigenvalue weighted by Gasteiger charge is 2.31. The van der Waals surface area contributed by atoms with Gasteiger partial charge in [-0.15, -0.1) is 0 Å². The standard InChI is InChI=1S/C9H17NO2/c1-5-8(11)9(12,6-2)7-10(3)4/h5,12H,1,6-7H2,2-4H3. The lowest BCUT2D eigenvalue weighted by molar-refractivity contribution is -0.133. The molecule has 0 heterocycles. The van der Waals surface area contributed by atoms with Crippen molar-refractivity contribution in [3.63, 3.8) is 0 Å². The predicted molar refractivity (Wildman–Crippen MR) is 49.0 cm³/mol. The first-order valence-corrected chi connectivity index (χ1v) is 4.00. The van der Waals surface area contributed by atoms with E-state index in [1.165, 1.54) is 6.08 Å². The average molecular weight is 171 g/mol. The van der Waals surface area contributed by atoms with Crippen LogP contribution in [0.2, 0.25) is 0 Å². The van der Waals surface area contributed by atoms with Gasteiger partial charge >= 0.3 is 0 Å². The van der Waals surface area contributed by atoms with Crippen molar-refractivity contribution >= 4 is 5.78 Å². The van der Waals surface area contributed by atoms with Crippen LogP contribution in [-0.4, -0.2) is 42.0 Å². The van der Waals surface area contributed by atoms with Crippen LogP contribution in [0, 0.1) is 0 Å². The molecule has 0 saturated heterocycles. The first kappa shape index (κ1) is 11.3. The van der Waals surface area contributed by atoms with Gasteiger partial charge in [-0.2, -0.15) is 0 Å². The Kier molecular flexibility index (Phi) is 4.13. The maximum Gasteiger partial charge on any atom is 0.187 e. The van der Waals surface area contributed by atoms with Crippen LogP contribution in [0.4, 0.5) is 0 Å². The highest BCUT2D eigenvalue weighted by molar-refractivity contribution is 5.96. The van der Waals surface area contributed by atoms with Gasteiger partial charge in [-0.1, -0.05) is 13.5 Å². The Bertz CT molecular complexity index is 177. The summed E-state index contributed by atoms with van der Waals surface area (Å²) in [5.74, 6) is -0.307. The molecule has 3 heteroatoms. The lowest BCUT2D eigenvalue weighted by Gasteiger charge is -2.26. The van der Waals surface area contributed by atoms with Gasteiger partial charge in [-0.25, -0.2) is 0 Å². The Labute approximate surface area is 73.7 Å². The summed E-state index contributed by atoms with van der Waals surface area (Å²) in [5, 5.41) is 9.80. The summed E-state index contributed by atoms with van der Waals surface area (Å²) in [4.78, 5) is 13.0. The van der Waals surface area contributed by atoms with E-state index in [2.05, 4.69) is 6.58 Å². The zero-order valence-electron chi connectivity index (χ0n) is 8.00. The van der Waals surface area contributed by atoms with Gasteiger partial charge in [0.15, 0.2) is 5.78 Å². The molecule has 70 valence electrons. The number of aliphatic hydroxyl groups is 1. The minimum absolute atomic E-state index is 0.307. The van der Waals surface area contributed by atoms with E-state index in [1.807, 2.05) is 14.1 Å². The fraction of sp³-hybridized carbons (Fsp3) is 0.667. The third kappa shape index (κ3) is 2.75. The molecule has 0 aromatic carbocycles. The van der Waals surface area contributed by atoms with Crippen molar-refractivity contribution in [1.29, 1.82) is 0 Å². The molecule has 1 N–H and O–H groups in total. The molecule has 12 heavy (non-hydrogen) atoms. The molecule has 0 saturated carbocycles. The first-order chi connectivity index (χ1) is 5.46. The van der Waals surface area contributed by atoms with Crippen molar-refractivity contribution < 1.29 is 9.90 Å². The van der Waals surface area contributed by atoms with Gasteiger partial charge in [-0.05, 0) is 26.6 Å². The number of ketones is 1. The maximum atomic E-state index is 11.2. The Balaban J connectivity index is 4.43. The van der Waals surface area contributed by atoms with Gasteiger partial charge in [0, 0.05) is 6.54 Å². The molecule has 0 radical (unpaired) electrons. The number of rotatable bonds is 5. The molecular formula is C9H17NO2. The number of likely N-dealkylation sites (N-methyl/N-ethyl adjacent to an activating group) is 1. The summed E-state index contributed by atoms with van der Waals surface area (Å²) in [7, 11) is 3.63. The third-order valence-corrected chi connectivity index (χ3v) is 1.81. The van der Waals surface area contributed by atoms with E-state index in [4.69, 9.17) is 0 Å². The summed E-state index contributed by atoms with van der Waals surface area (Å²) >= 11 is 0. The molecule has 0 fully saturated rings. The Morgan fingerprint density at radius 2 is 2.17 bits per heavy atom. The van der Waals surface area contributed by atoms with E-state index in [0.29, 0.717) is 13.0 Å². The van der Waals surface area contributed by atoms with Gasteiger partial charge in [0.2, 0.25) is 0 Å². The highest BCUT2D eigenvalue weighted by atomic mass is 16.3. The van der Waals surface area contributed by atoms with E-state index < -0.39 is 5.60 Å². The fourth-order valence-corrected chi connectivity index (χ4v) is 1.08. The summed E-state index contributed by atoms with van der Waals surface area (Å²) in [6.45, 7) is 5.48. The van der Waals surface area contributed by atoms with E-state index in [-0.39, 0.29) is 5.78 Å². The van der Waals surface area contributed by atoms with E-state index in [9.17, 15) is 9.90 Å². The molecule has 1 unspecified atom stereocenters. The molecule has 0 spiro atoms. The lowest BCUT2D eigenvalue weighted by atomic mass is 9.95. The SMILES string of the molecule is C=CC(=O)C(O)(CC)CN(C)C. The van der Waals surface area contributed by atoms with Crippen molar-refractivity contribution in [2.45, 2.75) is 18.9 Å². The molecular weight excluding hydrogens is 154 g/mol. The normalized spacial score (nSPS) is 15.8. The summed E-state index contributed by atoms with van der Waals surface area (Å²) < 4.78 is 0. The smallest absolute Gasteiger partial charge is 0.187 e. The van der Waals surface area contributed by atoms with Crippen LogP contribution in [0.3, 0.4) is 0 Å². The maximum absolute atomic E-state index is 11.2. The largest absolute Gasteiger partial charge is 0.380 e. The minimum atomic E-state index is -1.26. The van der Waals surface area contributed by atoms with E-state index in [1.54, 1.807) is 11.8 Å². The Morgan fingerprint density at radius 3 is 2.42 bits per heavy atom. The summed E-state index contributed by atoms with van der Waals surface area (Å²) in [6.07, 6.45) is 1.59. The third-order valence-electron chi connectivity index (χ3n) is 1.81. The average Bonchev–Trinajstić information content (AvgIpc) is 2.01. The van der Waals surface area contributed by atoms with Crippen molar-refractivity contribution in [1.82, 2.24) is 4.90 Å². The van der Waals surface area contributed by atoms with Gasteiger partial charge in [0.25, 0.3) is 0 Å². The Hall–Kier alpha value is -0.670. The second-order valence-corrected chi connectivity index (χ2v) is 3.19. The van der Waals surface area contributed by atoms with E-state index >= 15 is 0 Å². The fourth-order valence-electron chi connectivity index (χ4n) is 1.08. The van der Waals surface area contributed by atoms with Gasteiger partial charge in [0.05, 0.1) is 0 Å². The van der Waals surface area contributed by atoms with Crippen LogP contribution >= 0.6 is 0 Å². The lowest BCUT2D eigenvalue weighted by Crippen LogP contribution is -2.45. The zero-order chi connectivity index (χ0) is 9.78. The number of hydrogen-bond acceptors (Lipinski definition) is 3. The second kappa shape index (κ2) is 4.38. The molecule has 0 aliphatic rings. The molecule has 0 bridgehead atoms. The van der Waals surface area contributed by atoms with Crippen LogP contribution < -0.4 is 0 Å². The van der Waals surface area contributed by atoms with Gasteiger partial charge < -0.3 is 10.0 Å². The quantitative estimate of drug-likeness (QED) is 0.610. The number of carbonyl (C=O) groups is 1. The minimum Gasteiger partial charge on any atom is -0.380 e. The van der Waals surface area contributed by atoms with Crippen LogP contribution in [0.1, 0.15) is 13.3 Å². The summed E-state index contributed by atoms with van der Waals surface area (Å²) in [6, 6.07) is 0. The Morgan fingerprint density at radius 1 is 1.67 bits per heavy atom. The molecule has 0 aromatic rings. The van der Waals surface area contributed by atoms with Crippen LogP contribution in [0.25, 0.3) is 0 Å². The molecule has 3 nitrogen and oxygen atoms in total. The van der Waals surface area contributed by atoms with Crippen LogP contribution in [-0.2, 0) is 4.79 Å². The number of nitrogens with zero attached hydrogens (tertiary/aromatic N) is 1. The molecule has 1 atom stereocenters. The second-order valence-electron chi connectivity index (χ2n) is 3.19. The molecule has 0 aromatic heterocycles. The number of carbonyl (C=O) groups excluding carboxylic acids is 1. The van der Waals surface area contributed by atoms with Crippen LogP contribution in [0.5, 0.6) is 0 Å². The van der Waals surface area contributed by atoms with E-state index in [0.717, 1.165) is 0 Å². The van der Waals surface area contributed by atoms with Gasteiger partial charge in [0.1, 0.15) is 5.60 Å². The molecule has 0 rings (SSSR count). The summed E-state index contributed by atoms with van der Waals surface area (Å²) in [5.41, 5.74) is -1.26. The predicted octanol–water partition coefficient (Wildman–Crippen LogP) is 0.444. The monoisotopic (exact) mass is 171 g/mol. The molecule has 0 aliphatic heterocycles. The highest BCUT2D eigenvalue weighted by Crippen LogP contribution is 2.12. The zero-order valence-corrected chi connectivity index (χ0v) is 8.00. The molecule has 0 aliphatic carbocycles. The van der Waals surface area contributed by atoms with Crippen LogP contribution in [0.15, 0.2) is 12.7 Å². The first-order valence-electron chi connectivity index (χ1n) is 4.00.